The van der Waals surface area contributed by atoms with Crippen LogP contribution in [0.15, 0.2) is 16.6 Å². The van der Waals surface area contributed by atoms with E-state index in [2.05, 4.69) is 15.9 Å². The van der Waals surface area contributed by atoms with Gasteiger partial charge in [0.15, 0.2) is 6.10 Å². The Balaban J connectivity index is 2.34. The van der Waals surface area contributed by atoms with Gasteiger partial charge in [-0.3, -0.25) is 4.79 Å². The Morgan fingerprint density at radius 2 is 2.21 bits per heavy atom. The van der Waals surface area contributed by atoms with Crippen LogP contribution in [0.5, 0.6) is 5.75 Å². The van der Waals surface area contributed by atoms with Crippen LogP contribution in [-0.4, -0.2) is 41.6 Å². The SMILES string of the molecule is Cc1cc(Br)cc(C(=O)O)c1OC1CCN(C)C1=O. The van der Waals surface area contributed by atoms with Crippen LogP contribution in [0, 0.1) is 6.92 Å². The molecule has 1 aromatic carbocycles. The topological polar surface area (TPSA) is 66.8 Å². The third-order valence-corrected chi connectivity index (χ3v) is 3.57. The molecular formula is C13H14BrNO4. The number of likely N-dealkylation sites (N-methyl/N-ethyl adjacent to an activating group) is 1. The van der Waals surface area contributed by atoms with E-state index in [9.17, 15) is 14.7 Å². The number of halogens is 1. The molecule has 0 aromatic heterocycles. The van der Waals surface area contributed by atoms with Crippen molar-refractivity contribution in [2.75, 3.05) is 13.6 Å². The van der Waals surface area contributed by atoms with E-state index in [1.54, 1.807) is 24.9 Å². The number of nitrogens with zero attached hydrogens (tertiary/aromatic N) is 1. The van der Waals surface area contributed by atoms with Gasteiger partial charge in [-0.05, 0) is 24.6 Å². The number of carboxylic acids is 1. The van der Waals surface area contributed by atoms with Gasteiger partial charge < -0.3 is 14.7 Å². The van der Waals surface area contributed by atoms with Crippen molar-refractivity contribution in [3.05, 3.63) is 27.7 Å². The Hall–Kier alpha value is -1.56. The molecule has 1 N–H and O–H groups in total. The van der Waals surface area contributed by atoms with E-state index in [0.717, 1.165) is 0 Å². The smallest absolute Gasteiger partial charge is 0.339 e. The third-order valence-electron chi connectivity index (χ3n) is 3.11. The fraction of sp³-hybridized carbons (Fsp3) is 0.385. The summed E-state index contributed by atoms with van der Waals surface area (Å²) in [5.41, 5.74) is 0.753. The lowest BCUT2D eigenvalue weighted by atomic mass is 10.1. The Labute approximate surface area is 119 Å². The van der Waals surface area contributed by atoms with Crippen LogP contribution in [0.1, 0.15) is 22.3 Å². The third kappa shape index (κ3) is 2.73. The summed E-state index contributed by atoms with van der Waals surface area (Å²) >= 11 is 3.26. The highest BCUT2D eigenvalue weighted by atomic mass is 79.9. The molecule has 2 rings (SSSR count). The monoisotopic (exact) mass is 327 g/mol. The number of carbonyl (C=O) groups excluding carboxylic acids is 1. The zero-order valence-corrected chi connectivity index (χ0v) is 12.2. The maximum absolute atomic E-state index is 11.8. The quantitative estimate of drug-likeness (QED) is 0.922. The molecule has 1 fully saturated rings. The number of likely N-dealkylation sites (tertiary alicyclic amines) is 1. The second-order valence-electron chi connectivity index (χ2n) is 4.56. The summed E-state index contributed by atoms with van der Waals surface area (Å²) in [6.07, 6.45) is -0.0212. The number of hydrogen-bond donors (Lipinski definition) is 1. The second-order valence-corrected chi connectivity index (χ2v) is 5.48. The van der Waals surface area contributed by atoms with Crippen molar-refractivity contribution in [3.63, 3.8) is 0 Å². The van der Waals surface area contributed by atoms with Gasteiger partial charge in [-0.1, -0.05) is 15.9 Å². The summed E-state index contributed by atoms with van der Waals surface area (Å²) in [6.45, 7) is 2.39. The molecule has 0 bridgehead atoms. The van der Waals surface area contributed by atoms with E-state index in [4.69, 9.17) is 4.74 Å². The molecule has 1 amide bonds. The number of aromatic carboxylic acids is 1. The zero-order valence-electron chi connectivity index (χ0n) is 10.6. The Kier molecular flexibility index (Phi) is 3.80. The van der Waals surface area contributed by atoms with E-state index >= 15 is 0 Å². The fourth-order valence-corrected chi connectivity index (χ4v) is 2.66. The molecule has 1 aliphatic rings. The van der Waals surface area contributed by atoms with E-state index in [1.165, 1.54) is 6.07 Å². The van der Waals surface area contributed by atoms with Crippen molar-refractivity contribution < 1.29 is 19.4 Å². The van der Waals surface area contributed by atoms with Gasteiger partial charge in [0.1, 0.15) is 11.3 Å². The summed E-state index contributed by atoms with van der Waals surface area (Å²) < 4.78 is 6.31. The highest BCUT2D eigenvalue weighted by Crippen LogP contribution is 2.30. The van der Waals surface area contributed by atoms with Gasteiger partial charge in [0.2, 0.25) is 0 Å². The molecular weight excluding hydrogens is 314 g/mol. The minimum Gasteiger partial charge on any atom is -0.479 e. The zero-order chi connectivity index (χ0) is 14.2. The molecule has 1 atom stereocenters. The van der Waals surface area contributed by atoms with Gasteiger partial charge in [-0.2, -0.15) is 0 Å². The molecule has 1 aliphatic heterocycles. The molecule has 1 heterocycles. The van der Waals surface area contributed by atoms with Crippen LogP contribution in [0.4, 0.5) is 0 Å². The maximum atomic E-state index is 11.8. The van der Waals surface area contributed by atoms with Gasteiger partial charge in [-0.15, -0.1) is 0 Å². The molecule has 1 unspecified atom stereocenters. The number of amides is 1. The van der Waals surface area contributed by atoms with Crippen LogP contribution < -0.4 is 4.74 Å². The van der Waals surface area contributed by atoms with Crippen LogP contribution in [0.2, 0.25) is 0 Å². The van der Waals surface area contributed by atoms with Crippen LogP contribution in [0.3, 0.4) is 0 Å². The Bertz CT molecular complexity index is 544. The first-order valence-electron chi connectivity index (χ1n) is 5.85. The van der Waals surface area contributed by atoms with E-state index < -0.39 is 12.1 Å². The summed E-state index contributed by atoms with van der Waals surface area (Å²) in [7, 11) is 1.71. The number of hydrogen-bond acceptors (Lipinski definition) is 3. The van der Waals surface area contributed by atoms with Crippen molar-refractivity contribution in [3.8, 4) is 5.75 Å². The number of carboxylic acid groups (broad SMARTS) is 1. The fourth-order valence-electron chi connectivity index (χ4n) is 2.09. The number of aryl methyl sites for hydroxylation is 1. The van der Waals surface area contributed by atoms with Crippen molar-refractivity contribution in [1.29, 1.82) is 0 Å². The van der Waals surface area contributed by atoms with Crippen LogP contribution >= 0.6 is 15.9 Å². The van der Waals surface area contributed by atoms with Crippen molar-refractivity contribution >= 4 is 27.8 Å². The molecule has 0 radical (unpaired) electrons. The van der Waals surface area contributed by atoms with Gasteiger partial charge >= 0.3 is 5.97 Å². The maximum Gasteiger partial charge on any atom is 0.339 e. The first-order chi connectivity index (χ1) is 8.90. The number of rotatable bonds is 3. The Morgan fingerprint density at radius 3 is 2.74 bits per heavy atom. The lowest BCUT2D eigenvalue weighted by Gasteiger charge is -2.17. The van der Waals surface area contributed by atoms with Gasteiger partial charge in [0.25, 0.3) is 5.91 Å². The average molecular weight is 328 g/mol. The summed E-state index contributed by atoms with van der Waals surface area (Å²) in [4.78, 5) is 24.6. The molecule has 1 saturated heterocycles. The van der Waals surface area contributed by atoms with Crippen molar-refractivity contribution in [2.45, 2.75) is 19.4 Å². The largest absolute Gasteiger partial charge is 0.479 e. The van der Waals surface area contributed by atoms with Gasteiger partial charge in [0.05, 0.1) is 0 Å². The van der Waals surface area contributed by atoms with Crippen LogP contribution in [0.25, 0.3) is 0 Å². The lowest BCUT2D eigenvalue weighted by molar-refractivity contribution is -0.132. The number of ether oxygens (including phenoxy) is 1. The minimum absolute atomic E-state index is 0.0641. The van der Waals surface area contributed by atoms with E-state index in [0.29, 0.717) is 23.0 Å². The summed E-state index contributed by atoms with van der Waals surface area (Å²) in [5, 5.41) is 9.21. The summed E-state index contributed by atoms with van der Waals surface area (Å²) in [6, 6.07) is 3.25. The molecule has 102 valence electrons. The molecule has 5 nitrogen and oxygen atoms in total. The number of benzene rings is 1. The summed E-state index contributed by atoms with van der Waals surface area (Å²) in [5.74, 6) is -0.916. The normalized spacial score (nSPS) is 18.8. The lowest BCUT2D eigenvalue weighted by Crippen LogP contribution is -2.30. The second kappa shape index (κ2) is 5.21. The molecule has 19 heavy (non-hydrogen) atoms. The highest BCUT2D eigenvalue weighted by Gasteiger charge is 2.32. The molecule has 0 spiro atoms. The van der Waals surface area contributed by atoms with Gasteiger partial charge in [0, 0.05) is 24.5 Å². The van der Waals surface area contributed by atoms with Crippen molar-refractivity contribution in [1.82, 2.24) is 4.90 Å². The Morgan fingerprint density at radius 1 is 1.53 bits per heavy atom. The first kappa shape index (κ1) is 13.9. The van der Waals surface area contributed by atoms with Crippen LogP contribution in [-0.2, 0) is 4.79 Å². The molecule has 0 saturated carbocycles. The highest BCUT2D eigenvalue weighted by molar-refractivity contribution is 9.10. The van der Waals surface area contributed by atoms with Crippen molar-refractivity contribution in [2.24, 2.45) is 0 Å². The standard InChI is InChI=1S/C13H14BrNO4/c1-7-5-8(14)6-9(13(17)18)11(7)19-10-3-4-15(2)12(10)16/h5-6,10H,3-4H2,1-2H3,(H,17,18). The molecule has 6 heteroatoms. The molecule has 0 aliphatic carbocycles. The first-order valence-corrected chi connectivity index (χ1v) is 6.64. The predicted octanol–water partition coefficient (Wildman–Crippen LogP) is 2.07. The predicted molar refractivity (Wildman–Crippen MR) is 72.5 cm³/mol. The average Bonchev–Trinajstić information content (AvgIpc) is 2.63. The van der Waals surface area contributed by atoms with E-state index in [1.807, 2.05) is 0 Å². The number of carbonyl (C=O) groups is 2. The van der Waals surface area contributed by atoms with E-state index in [-0.39, 0.29) is 17.2 Å². The van der Waals surface area contributed by atoms with Gasteiger partial charge in [-0.25, -0.2) is 4.79 Å². The minimum atomic E-state index is -1.07. The molecule has 1 aromatic rings.